The standard InChI is InChI=1S/C42H51N2OP/c1-29(2)43(30(3)4)27-33-17-22-36(23-18-33)46(37-24-19-34(20-25-37)28-44(31(5)6)32(7)8)41-26-21-35-13-9-10-14-38(35)42(41)39-15-11-12-16-40(39)45/h9-26,29-32,45H,27-28H2,1-8H3. The van der Waals surface area contributed by atoms with Crippen molar-refractivity contribution in [2.45, 2.75) is 92.6 Å². The van der Waals surface area contributed by atoms with Crippen LogP contribution in [0.3, 0.4) is 0 Å². The zero-order valence-corrected chi connectivity index (χ0v) is 29.8. The maximum Gasteiger partial charge on any atom is 0.123 e. The van der Waals surface area contributed by atoms with Gasteiger partial charge in [-0.15, -0.1) is 0 Å². The van der Waals surface area contributed by atoms with E-state index < -0.39 is 7.92 Å². The molecule has 0 spiro atoms. The first-order valence-corrected chi connectivity index (χ1v) is 18.2. The molecule has 4 heteroatoms. The summed E-state index contributed by atoms with van der Waals surface area (Å²) in [4.78, 5) is 5.07. The number of aromatic hydroxyl groups is 1. The first kappa shape index (κ1) is 33.9. The van der Waals surface area contributed by atoms with E-state index >= 15 is 0 Å². The summed E-state index contributed by atoms with van der Waals surface area (Å²) >= 11 is 0. The van der Waals surface area contributed by atoms with Gasteiger partial charge in [0.15, 0.2) is 0 Å². The van der Waals surface area contributed by atoms with Gasteiger partial charge in [-0.3, -0.25) is 9.80 Å². The van der Waals surface area contributed by atoms with Crippen LogP contribution in [0.4, 0.5) is 0 Å². The molecule has 5 rings (SSSR count). The van der Waals surface area contributed by atoms with Crippen LogP contribution in [-0.2, 0) is 13.1 Å². The van der Waals surface area contributed by atoms with Gasteiger partial charge in [-0.1, -0.05) is 103 Å². The average molecular weight is 631 g/mol. The van der Waals surface area contributed by atoms with E-state index in [2.05, 4.69) is 156 Å². The minimum Gasteiger partial charge on any atom is -0.507 e. The molecule has 3 nitrogen and oxygen atoms in total. The lowest BCUT2D eigenvalue weighted by atomic mass is 9.97. The maximum absolute atomic E-state index is 11.2. The number of rotatable bonds is 12. The molecule has 0 saturated heterocycles. The second-order valence-corrected chi connectivity index (χ2v) is 15.8. The number of para-hydroxylation sites is 1. The van der Waals surface area contributed by atoms with Crippen LogP contribution >= 0.6 is 7.92 Å². The molecule has 0 amide bonds. The highest BCUT2D eigenvalue weighted by atomic mass is 31.1. The van der Waals surface area contributed by atoms with Crippen LogP contribution in [0.5, 0.6) is 5.75 Å². The lowest BCUT2D eigenvalue weighted by molar-refractivity contribution is 0.166. The van der Waals surface area contributed by atoms with Crippen LogP contribution in [0, 0.1) is 0 Å². The smallest absolute Gasteiger partial charge is 0.123 e. The molecule has 0 atom stereocenters. The van der Waals surface area contributed by atoms with Crippen LogP contribution < -0.4 is 15.9 Å². The van der Waals surface area contributed by atoms with Crippen molar-refractivity contribution in [3.05, 3.63) is 120 Å². The maximum atomic E-state index is 11.2. The summed E-state index contributed by atoms with van der Waals surface area (Å²) < 4.78 is 0. The van der Waals surface area contributed by atoms with Gasteiger partial charge in [-0.25, -0.2) is 0 Å². The molecule has 0 aliphatic heterocycles. The van der Waals surface area contributed by atoms with Gasteiger partial charge < -0.3 is 5.11 Å². The summed E-state index contributed by atoms with van der Waals surface area (Å²) in [7, 11) is -0.930. The van der Waals surface area contributed by atoms with Gasteiger partial charge >= 0.3 is 0 Å². The molecule has 0 aromatic heterocycles. The Morgan fingerprint density at radius 2 is 0.978 bits per heavy atom. The Morgan fingerprint density at radius 3 is 1.46 bits per heavy atom. The summed E-state index contributed by atoms with van der Waals surface area (Å²) in [6.45, 7) is 20.1. The van der Waals surface area contributed by atoms with E-state index in [1.165, 1.54) is 32.4 Å². The average Bonchev–Trinajstić information content (AvgIpc) is 3.03. The molecule has 0 heterocycles. The van der Waals surface area contributed by atoms with Crippen molar-refractivity contribution >= 4 is 34.6 Å². The Balaban J connectivity index is 1.66. The Morgan fingerprint density at radius 1 is 0.522 bits per heavy atom. The lowest BCUT2D eigenvalue weighted by Gasteiger charge is -2.31. The van der Waals surface area contributed by atoms with E-state index in [1.807, 2.05) is 12.1 Å². The number of nitrogens with zero attached hydrogens (tertiary/aromatic N) is 2. The molecule has 0 aliphatic rings. The SMILES string of the molecule is CC(C)N(Cc1ccc(P(c2ccc(CN(C(C)C)C(C)C)cc2)c2ccc3ccccc3c2-c2ccccc2O)cc1)C(C)C. The third kappa shape index (κ3) is 7.55. The van der Waals surface area contributed by atoms with Gasteiger partial charge in [-0.05, 0) is 107 Å². The molecule has 5 aromatic carbocycles. The van der Waals surface area contributed by atoms with Crippen LogP contribution in [-0.4, -0.2) is 39.1 Å². The molecule has 1 N–H and O–H groups in total. The number of fused-ring (bicyclic) bond motifs is 1. The molecule has 0 radical (unpaired) electrons. The fourth-order valence-corrected chi connectivity index (χ4v) is 9.12. The molecule has 0 saturated carbocycles. The highest BCUT2D eigenvalue weighted by Crippen LogP contribution is 2.42. The zero-order chi connectivity index (χ0) is 33.0. The molecule has 0 bridgehead atoms. The molecule has 0 unspecified atom stereocenters. The zero-order valence-electron chi connectivity index (χ0n) is 28.9. The van der Waals surface area contributed by atoms with E-state index in [9.17, 15) is 5.11 Å². The Kier molecular flexibility index (Phi) is 11.0. The molecule has 0 fully saturated rings. The van der Waals surface area contributed by atoms with E-state index in [0.717, 1.165) is 29.6 Å². The molecule has 0 aliphatic carbocycles. The van der Waals surface area contributed by atoms with Gasteiger partial charge in [0.25, 0.3) is 0 Å². The highest BCUT2D eigenvalue weighted by molar-refractivity contribution is 7.80. The van der Waals surface area contributed by atoms with Gasteiger partial charge in [0.1, 0.15) is 5.75 Å². The topological polar surface area (TPSA) is 26.7 Å². The first-order chi connectivity index (χ1) is 22.0. The van der Waals surface area contributed by atoms with Gasteiger partial charge in [-0.2, -0.15) is 0 Å². The van der Waals surface area contributed by atoms with Crippen molar-refractivity contribution in [2.24, 2.45) is 0 Å². The minimum absolute atomic E-state index is 0.311. The van der Waals surface area contributed by atoms with Crippen molar-refractivity contribution in [3.63, 3.8) is 0 Å². The normalized spacial score (nSPS) is 12.2. The summed E-state index contributed by atoms with van der Waals surface area (Å²) in [6, 6.07) is 41.5. The van der Waals surface area contributed by atoms with Crippen molar-refractivity contribution in [1.29, 1.82) is 0 Å². The monoisotopic (exact) mass is 630 g/mol. The Bertz CT molecular complexity index is 1640. The largest absolute Gasteiger partial charge is 0.507 e. The van der Waals surface area contributed by atoms with E-state index in [4.69, 9.17) is 0 Å². The Hall–Kier alpha value is -3.49. The predicted molar refractivity (Wildman–Crippen MR) is 201 cm³/mol. The number of phenols is 1. The quantitative estimate of drug-likeness (QED) is 0.139. The molecule has 46 heavy (non-hydrogen) atoms. The number of hydrogen-bond acceptors (Lipinski definition) is 3. The third-order valence-electron chi connectivity index (χ3n) is 9.09. The van der Waals surface area contributed by atoms with E-state index in [0.29, 0.717) is 29.9 Å². The van der Waals surface area contributed by atoms with Crippen LogP contribution in [0.15, 0.2) is 109 Å². The minimum atomic E-state index is -0.930. The lowest BCUT2D eigenvalue weighted by Crippen LogP contribution is -2.36. The van der Waals surface area contributed by atoms with Crippen molar-refractivity contribution in [2.75, 3.05) is 0 Å². The molecule has 240 valence electrons. The summed E-state index contributed by atoms with van der Waals surface area (Å²) in [5.41, 5.74) is 4.66. The number of phenolic OH excluding ortho intramolecular Hbond substituents is 1. The second-order valence-electron chi connectivity index (χ2n) is 13.6. The van der Waals surface area contributed by atoms with Crippen molar-refractivity contribution < 1.29 is 5.11 Å². The van der Waals surface area contributed by atoms with Crippen LogP contribution in [0.25, 0.3) is 21.9 Å². The van der Waals surface area contributed by atoms with Crippen LogP contribution in [0.2, 0.25) is 0 Å². The highest BCUT2D eigenvalue weighted by Gasteiger charge is 2.24. The third-order valence-corrected chi connectivity index (χ3v) is 11.6. The van der Waals surface area contributed by atoms with Gasteiger partial charge in [0, 0.05) is 48.4 Å². The Labute approximate surface area is 278 Å². The van der Waals surface area contributed by atoms with Gasteiger partial charge in [0.2, 0.25) is 0 Å². The van der Waals surface area contributed by atoms with Crippen molar-refractivity contribution in [1.82, 2.24) is 9.80 Å². The molecule has 5 aromatic rings. The van der Waals surface area contributed by atoms with Crippen LogP contribution in [0.1, 0.15) is 66.5 Å². The summed E-state index contributed by atoms with van der Waals surface area (Å²) in [5, 5.41) is 17.4. The predicted octanol–water partition coefficient (Wildman–Crippen LogP) is 9.21. The first-order valence-electron chi connectivity index (χ1n) is 16.8. The number of benzene rings is 5. The summed E-state index contributed by atoms with van der Waals surface area (Å²) in [5.74, 6) is 0.311. The van der Waals surface area contributed by atoms with Crippen molar-refractivity contribution in [3.8, 4) is 16.9 Å². The fraction of sp³-hybridized carbons (Fsp3) is 0.333. The molecular formula is C42H51N2OP. The fourth-order valence-electron chi connectivity index (χ4n) is 6.69. The summed E-state index contributed by atoms with van der Waals surface area (Å²) in [6.07, 6.45) is 0. The number of hydrogen-bond donors (Lipinski definition) is 1. The van der Waals surface area contributed by atoms with Gasteiger partial charge in [0.05, 0.1) is 0 Å². The van der Waals surface area contributed by atoms with E-state index in [-0.39, 0.29) is 0 Å². The molecular weight excluding hydrogens is 579 g/mol. The second kappa shape index (κ2) is 14.9. The van der Waals surface area contributed by atoms with E-state index in [1.54, 1.807) is 6.07 Å².